The van der Waals surface area contributed by atoms with Gasteiger partial charge in [-0.15, -0.1) is 0 Å². The molecule has 2 rings (SSSR count). The van der Waals surface area contributed by atoms with E-state index >= 15 is 0 Å². The van der Waals surface area contributed by atoms with Crippen molar-refractivity contribution in [1.29, 1.82) is 0 Å². The number of anilines is 1. The zero-order chi connectivity index (χ0) is 12.8. The van der Waals surface area contributed by atoms with E-state index in [1.54, 1.807) is 42.7 Å². The van der Waals surface area contributed by atoms with E-state index < -0.39 is 0 Å². The van der Waals surface area contributed by atoms with Crippen LogP contribution in [0, 0.1) is 0 Å². The molecule has 0 radical (unpaired) electrons. The van der Waals surface area contributed by atoms with Crippen LogP contribution < -0.4 is 5.32 Å². The van der Waals surface area contributed by atoms with Crippen molar-refractivity contribution in [2.45, 2.75) is 0 Å². The van der Waals surface area contributed by atoms with Gasteiger partial charge in [0.25, 0.3) is 0 Å². The van der Waals surface area contributed by atoms with E-state index in [9.17, 15) is 4.79 Å². The highest BCUT2D eigenvalue weighted by Crippen LogP contribution is 2.10. The molecule has 90 valence electrons. The first-order valence-electron chi connectivity index (χ1n) is 5.39. The summed E-state index contributed by atoms with van der Waals surface area (Å²) in [7, 11) is 0. The first-order valence-corrected chi connectivity index (χ1v) is 5.76. The Kier molecular flexibility index (Phi) is 4.10. The minimum Gasteiger partial charge on any atom is -0.322 e. The number of benzene rings is 1. The van der Waals surface area contributed by atoms with Crippen LogP contribution >= 0.6 is 11.6 Å². The Labute approximate surface area is 110 Å². The van der Waals surface area contributed by atoms with Crippen LogP contribution in [0.15, 0.2) is 54.9 Å². The molecule has 4 heteroatoms. The van der Waals surface area contributed by atoms with Gasteiger partial charge in [0.2, 0.25) is 5.91 Å². The van der Waals surface area contributed by atoms with Gasteiger partial charge >= 0.3 is 0 Å². The molecule has 0 aliphatic rings. The summed E-state index contributed by atoms with van der Waals surface area (Å²) < 4.78 is 0. The normalized spacial score (nSPS) is 10.5. The lowest BCUT2D eigenvalue weighted by molar-refractivity contribution is -0.111. The molecular formula is C14H11ClN2O. The maximum Gasteiger partial charge on any atom is 0.248 e. The number of halogens is 1. The Balaban J connectivity index is 1.97. The lowest BCUT2D eigenvalue weighted by Gasteiger charge is -2.00. The number of hydrogen-bond donors (Lipinski definition) is 1. The van der Waals surface area contributed by atoms with E-state index in [2.05, 4.69) is 10.3 Å². The van der Waals surface area contributed by atoms with Gasteiger partial charge in [-0.25, -0.2) is 0 Å². The molecule has 0 aliphatic carbocycles. The van der Waals surface area contributed by atoms with Gasteiger partial charge in [-0.05, 0) is 35.9 Å². The number of rotatable bonds is 3. The van der Waals surface area contributed by atoms with E-state index in [0.717, 1.165) is 11.3 Å². The van der Waals surface area contributed by atoms with Crippen molar-refractivity contribution >= 4 is 29.3 Å². The Morgan fingerprint density at radius 1 is 1.11 bits per heavy atom. The quantitative estimate of drug-likeness (QED) is 0.858. The Bertz CT molecular complexity index is 550. The van der Waals surface area contributed by atoms with Crippen LogP contribution in [0.2, 0.25) is 5.02 Å². The molecule has 0 aliphatic heterocycles. The minimum absolute atomic E-state index is 0.184. The molecule has 0 unspecified atom stereocenters. The number of carbonyl (C=O) groups is 1. The van der Waals surface area contributed by atoms with Gasteiger partial charge in [-0.3, -0.25) is 9.78 Å². The Morgan fingerprint density at radius 3 is 2.44 bits per heavy atom. The van der Waals surface area contributed by atoms with Crippen molar-refractivity contribution < 1.29 is 4.79 Å². The van der Waals surface area contributed by atoms with E-state index in [4.69, 9.17) is 11.6 Å². The van der Waals surface area contributed by atoms with E-state index in [1.807, 2.05) is 12.1 Å². The molecule has 0 atom stereocenters. The van der Waals surface area contributed by atoms with E-state index in [1.165, 1.54) is 6.08 Å². The minimum atomic E-state index is -0.184. The largest absolute Gasteiger partial charge is 0.322 e. The number of nitrogens with one attached hydrogen (secondary N) is 1. The molecular weight excluding hydrogens is 248 g/mol. The lowest BCUT2D eigenvalue weighted by Crippen LogP contribution is -2.07. The molecule has 1 aromatic heterocycles. The smallest absolute Gasteiger partial charge is 0.248 e. The van der Waals surface area contributed by atoms with Gasteiger partial charge in [-0.1, -0.05) is 23.7 Å². The Morgan fingerprint density at radius 2 is 1.78 bits per heavy atom. The molecule has 0 saturated heterocycles. The summed E-state index contributed by atoms with van der Waals surface area (Å²) >= 11 is 5.77. The average Bonchev–Trinajstić information content (AvgIpc) is 2.39. The summed E-state index contributed by atoms with van der Waals surface area (Å²) in [6.07, 6.45) is 6.45. The molecule has 0 fully saturated rings. The third-order valence-electron chi connectivity index (χ3n) is 2.25. The predicted octanol–water partition coefficient (Wildman–Crippen LogP) is 3.39. The van der Waals surface area contributed by atoms with Crippen molar-refractivity contribution in [3.8, 4) is 0 Å². The average molecular weight is 259 g/mol. The van der Waals surface area contributed by atoms with E-state index in [-0.39, 0.29) is 5.91 Å². The van der Waals surface area contributed by atoms with Crippen LogP contribution in [0.4, 0.5) is 5.69 Å². The van der Waals surface area contributed by atoms with Crippen LogP contribution in [-0.2, 0) is 4.79 Å². The monoisotopic (exact) mass is 258 g/mol. The summed E-state index contributed by atoms with van der Waals surface area (Å²) in [5, 5.41) is 3.41. The van der Waals surface area contributed by atoms with Crippen LogP contribution in [0.5, 0.6) is 0 Å². The number of pyridine rings is 1. The third-order valence-corrected chi connectivity index (χ3v) is 2.50. The second-order valence-corrected chi connectivity index (χ2v) is 4.05. The highest BCUT2D eigenvalue weighted by atomic mass is 35.5. The summed E-state index contributed by atoms with van der Waals surface area (Å²) in [5.74, 6) is -0.184. The molecule has 1 aromatic carbocycles. The van der Waals surface area contributed by atoms with Crippen LogP contribution in [0.25, 0.3) is 6.08 Å². The van der Waals surface area contributed by atoms with Crippen molar-refractivity contribution in [3.05, 3.63) is 65.5 Å². The number of carbonyl (C=O) groups excluding carboxylic acids is 1. The second kappa shape index (κ2) is 5.98. The SMILES string of the molecule is O=C(/C=C/c1ccc(Cl)cc1)Nc1ccncc1. The zero-order valence-electron chi connectivity index (χ0n) is 9.51. The number of amides is 1. The molecule has 0 bridgehead atoms. The molecule has 0 spiro atoms. The molecule has 18 heavy (non-hydrogen) atoms. The van der Waals surface area contributed by atoms with Gasteiger partial charge in [0, 0.05) is 29.2 Å². The highest BCUT2D eigenvalue weighted by Gasteiger charge is 1.96. The number of hydrogen-bond acceptors (Lipinski definition) is 2. The molecule has 1 heterocycles. The van der Waals surface area contributed by atoms with Gasteiger partial charge in [0.05, 0.1) is 0 Å². The molecule has 1 amide bonds. The zero-order valence-corrected chi connectivity index (χ0v) is 10.3. The fraction of sp³-hybridized carbons (Fsp3) is 0. The second-order valence-electron chi connectivity index (χ2n) is 3.61. The highest BCUT2D eigenvalue weighted by molar-refractivity contribution is 6.30. The maximum absolute atomic E-state index is 11.6. The standard InChI is InChI=1S/C14H11ClN2O/c15-12-4-1-11(2-5-12)3-6-14(18)17-13-7-9-16-10-8-13/h1-10H,(H,16,17,18)/b6-3+. The van der Waals surface area contributed by atoms with Crippen LogP contribution in [-0.4, -0.2) is 10.9 Å². The van der Waals surface area contributed by atoms with Gasteiger partial charge in [0.1, 0.15) is 0 Å². The lowest BCUT2D eigenvalue weighted by atomic mass is 10.2. The van der Waals surface area contributed by atoms with E-state index in [0.29, 0.717) is 5.02 Å². The number of nitrogens with zero attached hydrogens (tertiary/aromatic N) is 1. The van der Waals surface area contributed by atoms with Crippen molar-refractivity contribution in [1.82, 2.24) is 4.98 Å². The summed E-state index contributed by atoms with van der Waals surface area (Å²) in [6, 6.07) is 10.7. The fourth-order valence-electron chi connectivity index (χ4n) is 1.36. The third kappa shape index (κ3) is 3.71. The van der Waals surface area contributed by atoms with Gasteiger partial charge < -0.3 is 5.32 Å². The first kappa shape index (κ1) is 12.3. The number of aromatic nitrogens is 1. The van der Waals surface area contributed by atoms with Gasteiger partial charge in [-0.2, -0.15) is 0 Å². The molecule has 2 aromatic rings. The Hall–Kier alpha value is -2.13. The molecule has 1 N–H and O–H groups in total. The maximum atomic E-state index is 11.6. The predicted molar refractivity (Wildman–Crippen MR) is 73.4 cm³/mol. The molecule has 3 nitrogen and oxygen atoms in total. The van der Waals surface area contributed by atoms with Crippen molar-refractivity contribution in [2.24, 2.45) is 0 Å². The van der Waals surface area contributed by atoms with Crippen molar-refractivity contribution in [3.63, 3.8) is 0 Å². The summed E-state index contributed by atoms with van der Waals surface area (Å²) in [5.41, 5.74) is 1.64. The van der Waals surface area contributed by atoms with Crippen LogP contribution in [0.1, 0.15) is 5.56 Å². The topological polar surface area (TPSA) is 42.0 Å². The fourth-order valence-corrected chi connectivity index (χ4v) is 1.49. The summed E-state index contributed by atoms with van der Waals surface area (Å²) in [6.45, 7) is 0. The molecule has 0 saturated carbocycles. The van der Waals surface area contributed by atoms with Gasteiger partial charge in [0.15, 0.2) is 0 Å². The van der Waals surface area contributed by atoms with Crippen LogP contribution in [0.3, 0.4) is 0 Å². The first-order chi connectivity index (χ1) is 8.74. The summed E-state index contributed by atoms with van der Waals surface area (Å²) in [4.78, 5) is 15.5. The van der Waals surface area contributed by atoms with Crippen molar-refractivity contribution in [2.75, 3.05) is 5.32 Å².